The molecular weight excluding hydrogens is 455 g/mol. The Morgan fingerprint density at radius 3 is 2.77 bits per heavy atom. The van der Waals surface area contributed by atoms with Crippen LogP contribution in [-0.4, -0.2) is 72.5 Å². The van der Waals surface area contributed by atoms with Gasteiger partial charge in [0.25, 0.3) is 5.91 Å². The summed E-state index contributed by atoms with van der Waals surface area (Å²) in [5, 5.41) is 14.7. The van der Waals surface area contributed by atoms with Crippen molar-refractivity contribution >= 4 is 51.5 Å². The van der Waals surface area contributed by atoms with Gasteiger partial charge in [0.05, 0.1) is 35.4 Å². The fourth-order valence-corrected chi connectivity index (χ4v) is 4.44. The molecule has 0 spiro atoms. The van der Waals surface area contributed by atoms with Crippen molar-refractivity contribution in [2.45, 2.75) is 25.5 Å². The van der Waals surface area contributed by atoms with Gasteiger partial charge in [0, 0.05) is 31.3 Å². The molecule has 3 heterocycles. The number of aryl methyl sites for hydroxylation is 1. The Hall–Kier alpha value is -1.85. The number of thiazole rings is 1. The second kappa shape index (κ2) is 9.97. The van der Waals surface area contributed by atoms with Crippen LogP contribution >= 0.6 is 34.5 Å². The Kier molecular flexibility index (Phi) is 7.59. The van der Waals surface area contributed by atoms with Crippen molar-refractivity contribution in [2.24, 2.45) is 0 Å². The third kappa shape index (κ3) is 5.06. The van der Waals surface area contributed by atoms with Crippen LogP contribution in [0, 0.1) is 6.92 Å². The van der Waals surface area contributed by atoms with Gasteiger partial charge in [-0.05, 0) is 13.3 Å². The Morgan fingerprint density at radius 2 is 2.17 bits per heavy atom. The number of carboxylic acids is 1. The van der Waals surface area contributed by atoms with E-state index < -0.39 is 5.97 Å². The van der Waals surface area contributed by atoms with E-state index in [0.29, 0.717) is 48.6 Å². The number of carbonyl (C=O) groups is 2. The van der Waals surface area contributed by atoms with Crippen LogP contribution in [0.4, 0.5) is 5.13 Å². The quantitative estimate of drug-likeness (QED) is 0.501. The van der Waals surface area contributed by atoms with Gasteiger partial charge in [0.2, 0.25) is 0 Å². The number of carboxylic acid groups (broad SMARTS) is 1. The van der Waals surface area contributed by atoms with Crippen LogP contribution in [0.5, 0.6) is 0 Å². The molecule has 0 saturated carbocycles. The molecule has 9 nitrogen and oxygen atoms in total. The lowest BCUT2D eigenvalue weighted by atomic mass is 10.0. The number of H-pyrrole nitrogens is 1. The average Bonchev–Trinajstić information content (AvgIpc) is 3.31. The monoisotopic (exact) mass is 476 g/mol. The minimum Gasteiger partial charge on any atom is -0.476 e. The Balaban J connectivity index is 1.72. The largest absolute Gasteiger partial charge is 0.476 e. The first-order valence-corrected chi connectivity index (χ1v) is 10.8. The molecule has 3 rings (SSSR count). The lowest BCUT2D eigenvalue weighted by Gasteiger charge is -2.38. The number of methoxy groups -OCH3 is 1. The number of carbonyl (C=O) groups excluding carboxylic acids is 1. The third-order valence-electron chi connectivity index (χ3n) is 4.76. The Labute approximate surface area is 187 Å². The number of hydrogen-bond acceptors (Lipinski definition) is 7. The standard InChI is InChI=1S/C18H22Cl2N4O5S/c1-9-13(19)14(20)15(21-9)16(25)22-10-3-4-24(7-12(10)29-6-5-28-2)18-23-11(8-30-18)17(26)27/h8,10,12,21H,3-7H2,1-2H3,(H,22,25)(H,26,27). The highest BCUT2D eigenvalue weighted by atomic mass is 35.5. The number of nitrogens with one attached hydrogen (secondary N) is 2. The van der Waals surface area contributed by atoms with Crippen molar-refractivity contribution in [3.63, 3.8) is 0 Å². The van der Waals surface area contributed by atoms with Crippen LogP contribution in [0.2, 0.25) is 10.0 Å². The van der Waals surface area contributed by atoms with Gasteiger partial charge >= 0.3 is 5.97 Å². The van der Waals surface area contributed by atoms with E-state index in [0.717, 1.165) is 0 Å². The van der Waals surface area contributed by atoms with Crippen molar-refractivity contribution < 1.29 is 24.2 Å². The summed E-state index contributed by atoms with van der Waals surface area (Å²) in [6.07, 6.45) is 0.233. The van der Waals surface area contributed by atoms with E-state index >= 15 is 0 Å². The molecule has 1 aliphatic heterocycles. The molecule has 0 aromatic carbocycles. The molecule has 1 fully saturated rings. The minimum absolute atomic E-state index is 0.0101. The maximum Gasteiger partial charge on any atom is 0.355 e. The summed E-state index contributed by atoms with van der Waals surface area (Å²) in [4.78, 5) is 32.9. The van der Waals surface area contributed by atoms with Gasteiger partial charge in [-0.2, -0.15) is 0 Å². The SMILES string of the molecule is COCCOC1CN(c2nc(C(=O)O)cs2)CCC1NC(=O)c1[nH]c(C)c(Cl)c1Cl. The highest BCUT2D eigenvalue weighted by Crippen LogP contribution is 2.30. The van der Waals surface area contributed by atoms with Crippen molar-refractivity contribution in [3.8, 4) is 0 Å². The van der Waals surface area contributed by atoms with E-state index in [4.69, 9.17) is 37.8 Å². The summed E-state index contributed by atoms with van der Waals surface area (Å²) in [6.45, 7) is 3.53. The summed E-state index contributed by atoms with van der Waals surface area (Å²) in [5.74, 6) is -1.43. The Bertz CT molecular complexity index is 919. The first kappa shape index (κ1) is 22.8. The van der Waals surface area contributed by atoms with Gasteiger partial charge in [-0.25, -0.2) is 9.78 Å². The molecule has 2 aromatic heterocycles. The third-order valence-corrected chi connectivity index (χ3v) is 6.61. The molecule has 12 heteroatoms. The van der Waals surface area contributed by atoms with Crippen molar-refractivity contribution in [2.75, 3.05) is 38.3 Å². The maximum atomic E-state index is 12.7. The van der Waals surface area contributed by atoms with Crippen LogP contribution in [0.25, 0.3) is 0 Å². The number of piperidine rings is 1. The molecule has 1 amide bonds. The molecule has 2 unspecified atom stereocenters. The summed E-state index contributed by atoms with van der Waals surface area (Å²) < 4.78 is 11.0. The van der Waals surface area contributed by atoms with Crippen LogP contribution in [0.15, 0.2) is 5.38 Å². The number of halogens is 2. The fourth-order valence-electron chi connectivity index (χ4n) is 3.18. The zero-order chi connectivity index (χ0) is 21.8. The zero-order valence-corrected chi connectivity index (χ0v) is 18.7. The normalized spacial score (nSPS) is 19.1. The number of amides is 1. The topological polar surface area (TPSA) is 117 Å². The van der Waals surface area contributed by atoms with Crippen LogP contribution in [-0.2, 0) is 9.47 Å². The number of rotatable bonds is 8. The van der Waals surface area contributed by atoms with E-state index in [1.165, 1.54) is 16.7 Å². The number of aromatic carboxylic acids is 1. The molecule has 2 atom stereocenters. The molecule has 30 heavy (non-hydrogen) atoms. The fraction of sp³-hybridized carbons (Fsp3) is 0.500. The van der Waals surface area contributed by atoms with Gasteiger partial charge in [-0.15, -0.1) is 11.3 Å². The van der Waals surface area contributed by atoms with Gasteiger partial charge in [0.1, 0.15) is 5.69 Å². The molecular formula is C18H22Cl2N4O5S. The number of aromatic nitrogens is 2. The highest BCUT2D eigenvalue weighted by Gasteiger charge is 2.33. The number of anilines is 1. The van der Waals surface area contributed by atoms with Gasteiger partial charge < -0.3 is 29.8 Å². The van der Waals surface area contributed by atoms with Crippen molar-refractivity contribution in [1.82, 2.24) is 15.3 Å². The Morgan fingerprint density at radius 1 is 1.40 bits per heavy atom. The van der Waals surface area contributed by atoms with E-state index in [-0.39, 0.29) is 34.5 Å². The smallest absolute Gasteiger partial charge is 0.355 e. The number of nitrogens with zero attached hydrogens (tertiary/aromatic N) is 2. The first-order chi connectivity index (χ1) is 14.3. The molecule has 0 radical (unpaired) electrons. The molecule has 2 aromatic rings. The predicted octanol–water partition coefficient (Wildman–Crippen LogP) is 2.82. The first-order valence-electron chi connectivity index (χ1n) is 9.20. The molecule has 3 N–H and O–H groups in total. The zero-order valence-electron chi connectivity index (χ0n) is 16.4. The van der Waals surface area contributed by atoms with Crippen LogP contribution < -0.4 is 10.2 Å². The minimum atomic E-state index is -1.07. The summed E-state index contributed by atoms with van der Waals surface area (Å²) >= 11 is 13.5. The second-order valence-electron chi connectivity index (χ2n) is 6.79. The van der Waals surface area contributed by atoms with Gasteiger partial charge in [-0.3, -0.25) is 4.79 Å². The number of hydrogen-bond donors (Lipinski definition) is 3. The van der Waals surface area contributed by atoms with Crippen molar-refractivity contribution in [1.29, 1.82) is 0 Å². The van der Waals surface area contributed by atoms with Gasteiger partial charge in [-0.1, -0.05) is 23.2 Å². The summed E-state index contributed by atoms with van der Waals surface area (Å²) in [7, 11) is 1.58. The van der Waals surface area contributed by atoms with E-state index in [9.17, 15) is 9.59 Å². The van der Waals surface area contributed by atoms with Crippen LogP contribution in [0.1, 0.15) is 33.1 Å². The van der Waals surface area contributed by atoms with Gasteiger partial charge in [0.15, 0.2) is 10.8 Å². The molecule has 1 aliphatic rings. The summed E-state index contributed by atoms with van der Waals surface area (Å²) in [6, 6.07) is -0.275. The maximum absolute atomic E-state index is 12.7. The summed E-state index contributed by atoms with van der Waals surface area (Å²) in [5.41, 5.74) is 0.840. The van der Waals surface area contributed by atoms with E-state index in [1.807, 2.05) is 4.90 Å². The molecule has 0 bridgehead atoms. The number of ether oxygens (including phenoxy) is 2. The predicted molar refractivity (Wildman–Crippen MR) is 114 cm³/mol. The number of aromatic amines is 1. The van der Waals surface area contributed by atoms with E-state index in [1.54, 1.807) is 14.0 Å². The molecule has 164 valence electrons. The van der Waals surface area contributed by atoms with E-state index in [2.05, 4.69) is 15.3 Å². The van der Waals surface area contributed by atoms with Crippen LogP contribution in [0.3, 0.4) is 0 Å². The highest BCUT2D eigenvalue weighted by molar-refractivity contribution is 7.13. The molecule has 1 saturated heterocycles. The lowest BCUT2D eigenvalue weighted by Crippen LogP contribution is -2.55. The second-order valence-corrected chi connectivity index (χ2v) is 8.38. The average molecular weight is 477 g/mol. The lowest BCUT2D eigenvalue weighted by molar-refractivity contribution is -0.00498. The van der Waals surface area contributed by atoms with Crippen molar-refractivity contribution in [3.05, 3.63) is 32.5 Å². The molecule has 0 aliphatic carbocycles.